The molecular weight excluding hydrogens is 1190 g/mol. The lowest BCUT2D eigenvalue weighted by molar-refractivity contribution is 0.918. The number of para-hydroxylation sites is 5. The van der Waals surface area contributed by atoms with E-state index in [1.807, 2.05) is 24.3 Å². The summed E-state index contributed by atoms with van der Waals surface area (Å²) in [7, 11) is 0. The maximum atomic E-state index is 9.81. The fraction of sp³-hybridized carbons (Fsp3) is 0.0217. The predicted octanol–water partition coefficient (Wildman–Crippen LogP) is 25.5. The molecule has 460 valence electrons. The lowest BCUT2D eigenvalue weighted by atomic mass is 9.85. The normalized spacial score (nSPS) is 12.0. The molecular formula is C92H62N6. The van der Waals surface area contributed by atoms with Gasteiger partial charge in [-0.05, 0) is 288 Å². The highest BCUT2D eigenvalue weighted by atomic mass is 15.2. The van der Waals surface area contributed by atoms with Gasteiger partial charge in [0.1, 0.15) is 0 Å². The maximum absolute atomic E-state index is 9.81. The average molecular weight is 1250 g/mol. The SMILES string of the molecule is N#Cc1ccc2cc3cc(N(c4ccccc4)c4ccc5c(-c6ccc(N(c7ccccc7)c7ccccc7)cc6)c6cc(N(c7ccccc7)c7ccc8cc9cc(C#N)ccc9cc8c7)ccc6c(-c6ccc(N(C7=CC=CCC7)c7ccccc7)cc6)c5c4)ccc3cc2c1. The first kappa shape index (κ1) is 58.6. The van der Waals surface area contributed by atoms with Crippen molar-refractivity contribution < 1.29 is 0 Å². The Kier molecular flexibility index (Phi) is 15.1. The van der Waals surface area contributed by atoms with Gasteiger partial charge in [-0.1, -0.05) is 164 Å². The van der Waals surface area contributed by atoms with E-state index >= 15 is 0 Å². The van der Waals surface area contributed by atoms with Gasteiger partial charge in [-0.25, -0.2) is 0 Å². The first-order valence-corrected chi connectivity index (χ1v) is 33.3. The van der Waals surface area contributed by atoms with Gasteiger partial charge < -0.3 is 19.6 Å². The van der Waals surface area contributed by atoms with Crippen LogP contribution in [0.25, 0.3) is 86.9 Å². The van der Waals surface area contributed by atoms with E-state index < -0.39 is 0 Å². The van der Waals surface area contributed by atoms with Gasteiger partial charge in [0.25, 0.3) is 0 Å². The van der Waals surface area contributed by atoms with E-state index in [1.54, 1.807) is 0 Å². The minimum Gasteiger partial charge on any atom is -0.314 e. The highest BCUT2D eigenvalue weighted by molar-refractivity contribution is 6.23. The molecule has 0 radical (unpaired) electrons. The molecule has 16 aromatic rings. The van der Waals surface area contributed by atoms with Crippen molar-refractivity contribution in [1.82, 2.24) is 0 Å². The molecule has 0 heterocycles. The van der Waals surface area contributed by atoms with Crippen LogP contribution in [0.15, 0.2) is 358 Å². The summed E-state index contributed by atoms with van der Waals surface area (Å²) < 4.78 is 0. The van der Waals surface area contributed by atoms with Crippen LogP contribution in [0.2, 0.25) is 0 Å². The number of rotatable bonds is 14. The van der Waals surface area contributed by atoms with E-state index in [2.05, 4.69) is 359 Å². The van der Waals surface area contributed by atoms with Crippen LogP contribution in [-0.4, -0.2) is 0 Å². The van der Waals surface area contributed by atoms with Gasteiger partial charge >= 0.3 is 0 Å². The lowest BCUT2D eigenvalue weighted by Gasteiger charge is -2.29. The summed E-state index contributed by atoms with van der Waals surface area (Å²) in [5, 5.41) is 32.7. The molecule has 0 bridgehead atoms. The number of hydrogen-bond acceptors (Lipinski definition) is 6. The van der Waals surface area contributed by atoms with Gasteiger partial charge in [-0.2, -0.15) is 10.5 Å². The summed E-state index contributed by atoms with van der Waals surface area (Å²) >= 11 is 0. The van der Waals surface area contributed by atoms with Crippen LogP contribution in [0, 0.1) is 22.7 Å². The maximum Gasteiger partial charge on any atom is 0.0991 e. The average Bonchev–Trinajstić information content (AvgIpc) is 0.723. The highest BCUT2D eigenvalue weighted by Crippen LogP contribution is 2.50. The minimum atomic E-state index is 0.646. The molecule has 16 aromatic carbocycles. The first-order chi connectivity index (χ1) is 48.5. The van der Waals surface area contributed by atoms with E-state index in [4.69, 9.17) is 0 Å². The van der Waals surface area contributed by atoms with Gasteiger partial charge in [0.15, 0.2) is 0 Å². The summed E-state index contributed by atoms with van der Waals surface area (Å²) in [4.78, 5) is 9.50. The smallest absolute Gasteiger partial charge is 0.0991 e. The van der Waals surface area contributed by atoms with Gasteiger partial charge in [0, 0.05) is 68.3 Å². The zero-order valence-corrected chi connectivity index (χ0v) is 53.6. The Hall–Kier alpha value is -13.3. The first-order valence-electron chi connectivity index (χ1n) is 33.3. The Morgan fingerprint density at radius 3 is 0.918 bits per heavy atom. The van der Waals surface area contributed by atoms with E-state index in [0.29, 0.717) is 11.1 Å². The Labute approximate surface area is 569 Å². The Morgan fingerprint density at radius 2 is 0.551 bits per heavy atom. The zero-order valence-electron chi connectivity index (χ0n) is 53.6. The predicted molar refractivity (Wildman–Crippen MR) is 411 cm³/mol. The van der Waals surface area contributed by atoms with Crippen LogP contribution in [-0.2, 0) is 0 Å². The van der Waals surface area contributed by atoms with Gasteiger partial charge in [0.2, 0.25) is 0 Å². The minimum absolute atomic E-state index is 0.646. The second-order valence-corrected chi connectivity index (χ2v) is 25.1. The van der Waals surface area contributed by atoms with Crippen molar-refractivity contribution in [2.45, 2.75) is 12.8 Å². The van der Waals surface area contributed by atoms with Crippen molar-refractivity contribution in [2.75, 3.05) is 19.6 Å². The van der Waals surface area contributed by atoms with Gasteiger partial charge in [-0.3, -0.25) is 0 Å². The molecule has 0 amide bonds. The molecule has 17 rings (SSSR count). The number of fused-ring (bicyclic) bond motifs is 6. The second-order valence-electron chi connectivity index (χ2n) is 25.1. The molecule has 0 atom stereocenters. The van der Waals surface area contributed by atoms with E-state index in [0.717, 1.165) is 162 Å². The van der Waals surface area contributed by atoms with Crippen LogP contribution in [0.1, 0.15) is 24.0 Å². The van der Waals surface area contributed by atoms with Crippen molar-refractivity contribution in [3.63, 3.8) is 0 Å². The topological polar surface area (TPSA) is 60.5 Å². The van der Waals surface area contributed by atoms with Crippen LogP contribution in [0.3, 0.4) is 0 Å². The fourth-order valence-electron chi connectivity index (χ4n) is 14.5. The number of hydrogen-bond donors (Lipinski definition) is 0. The van der Waals surface area contributed by atoms with Crippen LogP contribution in [0.5, 0.6) is 0 Å². The number of anilines is 11. The van der Waals surface area contributed by atoms with Crippen LogP contribution >= 0.6 is 0 Å². The lowest BCUT2D eigenvalue weighted by Crippen LogP contribution is -2.17. The Balaban J connectivity index is 0.923. The summed E-state index contributed by atoms with van der Waals surface area (Å²) in [5.74, 6) is 0. The number of benzene rings is 16. The molecule has 0 aromatic heterocycles. The number of nitrogens with zero attached hydrogens (tertiary/aromatic N) is 6. The third-order valence-electron chi connectivity index (χ3n) is 19.1. The molecule has 0 saturated heterocycles. The quantitative estimate of drug-likeness (QED) is 0.101. The van der Waals surface area contributed by atoms with Crippen molar-refractivity contribution in [3.05, 3.63) is 369 Å². The van der Waals surface area contributed by atoms with Crippen molar-refractivity contribution in [2.24, 2.45) is 0 Å². The summed E-state index contributed by atoms with van der Waals surface area (Å²) in [6.45, 7) is 0. The number of allylic oxidation sites excluding steroid dienone is 4. The molecule has 0 spiro atoms. The van der Waals surface area contributed by atoms with Gasteiger partial charge in [0.05, 0.1) is 23.3 Å². The summed E-state index contributed by atoms with van der Waals surface area (Å²) in [5.41, 5.74) is 18.5. The molecule has 0 unspecified atom stereocenters. The second kappa shape index (κ2) is 25.2. The molecule has 0 aliphatic heterocycles. The molecule has 1 aliphatic rings. The van der Waals surface area contributed by atoms with Crippen LogP contribution < -0.4 is 19.6 Å². The van der Waals surface area contributed by atoms with Crippen LogP contribution in [0.4, 0.5) is 62.6 Å². The molecule has 98 heavy (non-hydrogen) atoms. The molecule has 1 aliphatic carbocycles. The Morgan fingerprint density at radius 1 is 0.245 bits per heavy atom. The van der Waals surface area contributed by atoms with Crippen molar-refractivity contribution >= 4 is 127 Å². The molecule has 6 heteroatoms. The van der Waals surface area contributed by atoms with E-state index in [-0.39, 0.29) is 0 Å². The van der Waals surface area contributed by atoms with E-state index in [9.17, 15) is 10.5 Å². The molecule has 0 saturated carbocycles. The molecule has 0 N–H and O–H groups in total. The summed E-state index contributed by atoms with van der Waals surface area (Å²) in [6.07, 6.45) is 8.60. The van der Waals surface area contributed by atoms with Gasteiger partial charge in [-0.15, -0.1) is 0 Å². The highest BCUT2D eigenvalue weighted by Gasteiger charge is 2.25. The molecule has 0 fully saturated rings. The van der Waals surface area contributed by atoms with E-state index in [1.165, 1.54) is 5.70 Å². The monoisotopic (exact) mass is 1250 g/mol. The fourth-order valence-corrected chi connectivity index (χ4v) is 14.5. The zero-order chi connectivity index (χ0) is 65.5. The summed E-state index contributed by atoms with van der Waals surface area (Å²) in [6, 6.07) is 125. The standard InChI is InChI=1S/C92H62N6/c93-61-63-31-33-67-55-73-57-83(45-39-69(73)53-71(67)51-63)97(79-27-15-5-16-28-79)85-48-50-88-89(59-85)91(65-35-41-81(42-36-65)95(75-19-7-1-8-20-75)76-21-9-2-10-22-76)87-49-47-86(60-90(87)92(88)66-37-43-82(44-38-66)96(77-23-11-3-12-24-77)78-25-13-4-14-26-78)98(80-29-17-6-18-30-80)84-46-40-70-54-72-52-64(62-94)32-34-68(72)56-74(70)58-84/h1-13,15-25,27-60H,14,26H2. The van der Waals surface area contributed by atoms with Crippen molar-refractivity contribution in [3.8, 4) is 34.4 Å². The largest absolute Gasteiger partial charge is 0.314 e. The third kappa shape index (κ3) is 10.9. The third-order valence-corrected chi connectivity index (χ3v) is 19.1. The van der Waals surface area contributed by atoms with Crippen molar-refractivity contribution in [1.29, 1.82) is 10.5 Å². The molecule has 6 nitrogen and oxygen atoms in total. The number of nitriles is 2. The Bertz CT molecular complexity index is 5840.